The molecule has 3 aromatic rings. The largest absolute Gasteiger partial charge is 0.344 e. The van der Waals surface area contributed by atoms with Gasteiger partial charge < -0.3 is 10.2 Å². The molecule has 144 valence electrons. The first kappa shape index (κ1) is 18.6. The van der Waals surface area contributed by atoms with Gasteiger partial charge in [-0.1, -0.05) is 11.6 Å². The molecule has 2 N–H and O–H groups in total. The molecule has 9 heteroatoms. The van der Waals surface area contributed by atoms with Gasteiger partial charge in [-0.25, -0.2) is 4.98 Å². The van der Waals surface area contributed by atoms with Crippen molar-refractivity contribution in [3.8, 4) is 11.4 Å². The minimum Gasteiger partial charge on any atom is -0.344 e. The molecule has 1 aliphatic rings. The van der Waals surface area contributed by atoms with E-state index in [1.165, 1.54) is 11.3 Å². The Labute approximate surface area is 170 Å². The summed E-state index contributed by atoms with van der Waals surface area (Å²) in [5.41, 5.74) is 1.73. The van der Waals surface area contributed by atoms with Gasteiger partial charge in [0, 0.05) is 24.2 Å². The summed E-state index contributed by atoms with van der Waals surface area (Å²) in [4.78, 5) is 30.9. The van der Waals surface area contributed by atoms with Crippen LogP contribution in [-0.4, -0.2) is 33.5 Å². The molecule has 0 saturated carbocycles. The van der Waals surface area contributed by atoms with Gasteiger partial charge in [-0.2, -0.15) is 5.10 Å². The van der Waals surface area contributed by atoms with E-state index < -0.39 is 0 Å². The Bertz CT molecular complexity index is 998. The number of halogens is 1. The number of aromatic amines is 1. The maximum Gasteiger partial charge on any atom is 0.261 e. The molecular formula is C19H18ClN5O2S. The lowest BCUT2D eigenvalue weighted by atomic mass is 10.1. The number of nitrogens with one attached hydrogen (secondary N) is 2. The number of nitrogens with zero attached hydrogens (tertiary/aromatic N) is 3. The van der Waals surface area contributed by atoms with Gasteiger partial charge in [0.25, 0.3) is 5.91 Å². The maximum absolute atomic E-state index is 12.1. The van der Waals surface area contributed by atoms with Crippen molar-refractivity contribution >= 4 is 40.4 Å². The first-order chi connectivity index (χ1) is 13.6. The number of benzene rings is 1. The summed E-state index contributed by atoms with van der Waals surface area (Å²) in [7, 11) is 0. The van der Waals surface area contributed by atoms with Crippen molar-refractivity contribution in [1.82, 2.24) is 20.5 Å². The highest BCUT2D eigenvalue weighted by molar-refractivity contribution is 7.17. The molecule has 0 radical (unpaired) electrons. The standard InChI is InChI=1S/C19H18ClN5O2S/c20-15-9-8-14(28-15)19(27)21-11-16-22-18(24-23-16)12-4-6-13(7-5-12)25-10-2-1-3-17(25)26/h4-9H,1-3,10-11H2,(H,21,27)(H,22,23,24). The van der Waals surface area contributed by atoms with Gasteiger partial charge in [0.2, 0.25) is 5.91 Å². The predicted octanol–water partition coefficient (Wildman–Crippen LogP) is 3.63. The fraction of sp³-hybridized carbons (Fsp3) is 0.263. The molecule has 28 heavy (non-hydrogen) atoms. The van der Waals surface area contributed by atoms with Crippen LogP contribution < -0.4 is 10.2 Å². The van der Waals surface area contributed by atoms with Gasteiger partial charge in [0.15, 0.2) is 5.82 Å². The number of rotatable bonds is 5. The summed E-state index contributed by atoms with van der Waals surface area (Å²) in [6.45, 7) is 1.000. The Balaban J connectivity index is 1.39. The van der Waals surface area contributed by atoms with Gasteiger partial charge in [-0.05, 0) is 49.2 Å². The SMILES string of the molecule is O=C(NCc1nc(-c2ccc(N3CCCCC3=O)cc2)n[nH]1)c1ccc(Cl)s1. The van der Waals surface area contributed by atoms with Crippen molar-refractivity contribution in [3.63, 3.8) is 0 Å². The predicted molar refractivity (Wildman–Crippen MR) is 109 cm³/mol. The van der Waals surface area contributed by atoms with Gasteiger partial charge >= 0.3 is 0 Å². The maximum atomic E-state index is 12.1. The van der Waals surface area contributed by atoms with Crippen molar-refractivity contribution in [3.05, 3.63) is 51.4 Å². The van der Waals surface area contributed by atoms with Gasteiger partial charge in [-0.15, -0.1) is 11.3 Å². The third-order valence-corrected chi connectivity index (χ3v) is 5.74. The van der Waals surface area contributed by atoms with Crippen LogP contribution in [0.5, 0.6) is 0 Å². The summed E-state index contributed by atoms with van der Waals surface area (Å²) in [5.74, 6) is 1.06. The molecule has 0 bridgehead atoms. The smallest absolute Gasteiger partial charge is 0.261 e. The van der Waals surface area contributed by atoms with E-state index in [-0.39, 0.29) is 18.4 Å². The Morgan fingerprint density at radius 3 is 2.75 bits per heavy atom. The number of hydrogen-bond donors (Lipinski definition) is 2. The van der Waals surface area contributed by atoms with E-state index >= 15 is 0 Å². The number of thiophene rings is 1. The van der Waals surface area contributed by atoms with E-state index in [4.69, 9.17) is 11.6 Å². The Morgan fingerprint density at radius 2 is 2.04 bits per heavy atom. The second-order valence-corrected chi connectivity index (χ2v) is 8.16. The van der Waals surface area contributed by atoms with Crippen LogP contribution in [0.25, 0.3) is 11.4 Å². The van der Waals surface area contributed by atoms with E-state index in [9.17, 15) is 9.59 Å². The van der Waals surface area contributed by atoms with Crippen LogP contribution in [-0.2, 0) is 11.3 Å². The Morgan fingerprint density at radius 1 is 1.21 bits per heavy atom. The van der Waals surface area contributed by atoms with Crippen LogP contribution in [0.4, 0.5) is 5.69 Å². The lowest BCUT2D eigenvalue weighted by Crippen LogP contribution is -2.35. The first-order valence-electron chi connectivity index (χ1n) is 8.96. The first-order valence-corrected chi connectivity index (χ1v) is 10.2. The topological polar surface area (TPSA) is 91.0 Å². The molecule has 1 fully saturated rings. The van der Waals surface area contributed by atoms with Gasteiger partial charge in [-0.3, -0.25) is 14.7 Å². The summed E-state index contributed by atoms with van der Waals surface area (Å²) in [6, 6.07) is 11.0. The van der Waals surface area contributed by atoms with Crippen LogP contribution in [0.3, 0.4) is 0 Å². The molecule has 1 saturated heterocycles. The third kappa shape index (κ3) is 4.07. The second kappa shape index (κ2) is 8.12. The number of anilines is 1. The molecule has 1 aliphatic heterocycles. The van der Waals surface area contributed by atoms with Gasteiger partial charge in [0.1, 0.15) is 5.82 Å². The molecule has 0 unspecified atom stereocenters. The van der Waals surface area contributed by atoms with Crippen molar-refractivity contribution < 1.29 is 9.59 Å². The van der Waals surface area contributed by atoms with Crippen molar-refractivity contribution in [2.45, 2.75) is 25.8 Å². The molecule has 0 spiro atoms. The molecule has 2 amide bonds. The number of carbonyl (C=O) groups is 2. The zero-order chi connectivity index (χ0) is 19.5. The molecular weight excluding hydrogens is 398 g/mol. The normalized spacial score (nSPS) is 14.3. The molecule has 3 heterocycles. The van der Waals surface area contributed by atoms with Crippen molar-refractivity contribution in [2.75, 3.05) is 11.4 Å². The minimum absolute atomic E-state index is 0.168. The fourth-order valence-electron chi connectivity index (χ4n) is 3.06. The van der Waals surface area contributed by atoms with E-state index in [1.807, 2.05) is 29.2 Å². The zero-order valence-corrected chi connectivity index (χ0v) is 16.5. The van der Waals surface area contributed by atoms with Crippen LogP contribution in [0.1, 0.15) is 34.8 Å². The number of H-pyrrole nitrogens is 1. The van der Waals surface area contributed by atoms with Crippen LogP contribution in [0.15, 0.2) is 36.4 Å². The molecule has 1 aromatic carbocycles. The van der Waals surface area contributed by atoms with E-state index in [1.54, 1.807) is 12.1 Å². The van der Waals surface area contributed by atoms with E-state index in [2.05, 4.69) is 20.5 Å². The van der Waals surface area contributed by atoms with E-state index in [0.29, 0.717) is 27.3 Å². The van der Waals surface area contributed by atoms with Crippen molar-refractivity contribution in [1.29, 1.82) is 0 Å². The molecule has 7 nitrogen and oxygen atoms in total. The highest BCUT2D eigenvalue weighted by Crippen LogP contribution is 2.24. The molecule has 2 aromatic heterocycles. The zero-order valence-electron chi connectivity index (χ0n) is 14.9. The Hall–Kier alpha value is -2.71. The molecule has 4 rings (SSSR count). The molecule has 0 aliphatic carbocycles. The fourth-order valence-corrected chi connectivity index (χ4v) is 4.02. The highest BCUT2D eigenvalue weighted by Gasteiger charge is 2.19. The Kier molecular flexibility index (Phi) is 5.40. The monoisotopic (exact) mass is 415 g/mol. The summed E-state index contributed by atoms with van der Waals surface area (Å²) < 4.78 is 0.571. The number of aromatic nitrogens is 3. The number of piperidine rings is 1. The van der Waals surface area contributed by atoms with Crippen LogP contribution >= 0.6 is 22.9 Å². The summed E-state index contributed by atoms with van der Waals surface area (Å²) >= 11 is 7.08. The third-order valence-electron chi connectivity index (χ3n) is 4.51. The second-order valence-electron chi connectivity index (χ2n) is 6.44. The highest BCUT2D eigenvalue weighted by atomic mass is 35.5. The lowest BCUT2D eigenvalue weighted by Gasteiger charge is -2.26. The quantitative estimate of drug-likeness (QED) is 0.665. The van der Waals surface area contributed by atoms with Crippen molar-refractivity contribution in [2.24, 2.45) is 0 Å². The van der Waals surface area contributed by atoms with E-state index in [0.717, 1.165) is 30.6 Å². The minimum atomic E-state index is -0.203. The summed E-state index contributed by atoms with van der Waals surface area (Å²) in [5, 5.41) is 9.84. The molecule has 0 atom stereocenters. The van der Waals surface area contributed by atoms with Crippen LogP contribution in [0.2, 0.25) is 4.34 Å². The lowest BCUT2D eigenvalue weighted by molar-refractivity contribution is -0.119. The number of carbonyl (C=O) groups excluding carboxylic acids is 2. The van der Waals surface area contributed by atoms with Crippen LogP contribution in [0, 0.1) is 0 Å². The number of amides is 2. The number of hydrogen-bond acceptors (Lipinski definition) is 5. The summed E-state index contributed by atoms with van der Waals surface area (Å²) in [6.07, 6.45) is 2.60. The van der Waals surface area contributed by atoms with Gasteiger partial charge in [0.05, 0.1) is 15.8 Å². The average molecular weight is 416 g/mol. The average Bonchev–Trinajstić information content (AvgIpc) is 3.36.